The van der Waals surface area contributed by atoms with Gasteiger partial charge in [0.05, 0.1) is 22.9 Å². The third-order valence-corrected chi connectivity index (χ3v) is 6.19. The van der Waals surface area contributed by atoms with Gasteiger partial charge in [-0.25, -0.2) is 9.07 Å². The average molecular weight is 412 g/mol. The number of halogens is 1. The van der Waals surface area contributed by atoms with Crippen LogP contribution in [0.25, 0.3) is 5.69 Å². The second kappa shape index (κ2) is 7.22. The van der Waals surface area contributed by atoms with Crippen LogP contribution in [0.1, 0.15) is 48.0 Å². The first-order valence-corrected chi connectivity index (χ1v) is 10.8. The average Bonchev–Trinajstić information content (AvgIpc) is 3.19. The maximum atomic E-state index is 13.3. The fraction of sp³-hybridized carbons (Fsp3) is 0.273. The third-order valence-electron chi connectivity index (χ3n) is 4.99. The van der Waals surface area contributed by atoms with E-state index in [9.17, 15) is 13.4 Å². The van der Waals surface area contributed by atoms with E-state index >= 15 is 0 Å². The molecule has 3 aromatic rings. The van der Waals surface area contributed by atoms with E-state index in [4.69, 9.17) is 0 Å². The molecule has 5 nitrogen and oxygen atoms in total. The van der Waals surface area contributed by atoms with Gasteiger partial charge in [0.1, 0.15) is 11.6 Å². The van der Waals surface area contributed by atoms with Crippen LogP contribution in [-0.2, 0) is 27.7 Å². The van der Waals surface area contributed by atoms with Crippen LogP contribution in [-0.4, -0.2) is 19.9 Å². The van der Waals surface area contributed by atoms with Gasteiger partial charge in [0.25, 0.3) is 5.91 Å². The van der Waals surface area contributed by atoms with Crippen molar-refractivity contribution in [1.82, 2.24) is 9.78 Å². The molecule has 29 heavy (non-hydrogen) atoms. The number of amides is 1. The molecule has 150 valence electrons. The molecule has 1 aliphatic rings. The summed E-state index contributed by atoms with van der Waals surface area (Å²) in [6.07, 6.45) is 0. The summed E-state index contributed by atoms with van der Waals surface area (Å²) in [4.78, 5) is 12.9. The lowest BCUT2D eigenvalue weighted by molar-refractivity contribution is 0.102. The van der Waals surface area contributed by atoms with Gasteiger partial charge in [0.15, 0.2) is 0 Å². The highest BCUT2D eigenvalue weighted by molar-refractivity contribution is 7.83. The van der Waals surface area contributed by atoms with Crippen molar-refractivity contribution in [2.24, 2.45) is 0 Å². The van der Waals surface area contributed by atoms with E-state index in [1.807, 2.05) is 12.1 Å². The standard InChI is InChI=1S/C22H22FN3O2S/c1-22(2,3)15-6-4-14(5-7-15)21(27)24-20-18-12-29(28)13-19(18)25-26(20)17-10-8-16(23)9-11-17/h4-11H,12-13H2,1-3H3,(H,24,27)/t29-/m0/s1. The van der Waals surface area contributed by atoms with E-state index < -0.39 is 10.8 Å². The van der Waals surface area contributed by atoms with Crippen LogP contribution in [0, 0.1) is 5.82 Å². The molecule has 0 bridgehead atoms. The van der Waals surface area contributed by atoms with Crippen molar-refractivity contribution in [1.29, 1.82) is 0 Å². The monoisotopic (exact) mass is 411 g/mol. The molecule has 2 aromatic carbocycles. The predicted octanol–water partition coefficient (Wildman–Crippen LogP) is 4.32. The van der Waals surface area contributed by atoms with E-state index in [0.717, 1.165) is 11.1 Å². The number of rotatable bonds is 3. The van der Waals surface area contributed by atoms with Crippen LogP contribution < -0.4 is 5.32 Å². The van der Waals surface area contributed by atoms with Gasteiger partial charge < -0.3 is 5.32 Å². The van der Waals surface area contributed by atoms with E-state index in [-0.39, 0.29) is 17.1 Å². The van der Waals surface area contributed by atoms with Crippen LogP contribution in [0.4, 0.5) is 10.2 Å². The molecular weight excluding hydrogens is 389 g/mol. The zero-order valence-corrected chi connectivity index (χ0v) is 17.3. The number of hydrogen-bond acceptors (Lipinski definition) is 3. The quantitative estimate of drug-likeness (QED) is 0.698. The molecule has 0 radical (unpaired) electrons. The van der Waals surface area contributed by atoms with Crippen LogP contribution >= 0.6 is 0 Å². The Hall–Kier alpha value is -2.80. The van der Waals surface area contributed by atoms with Gasteiger partial charge in [0.2, 0.25) is 0 Å². The lowest BCUT2D eigenvalue weighted by Gasteiger charge is -2.19. The zero-order chi connectivity index (χ0) is 20.8. The second-order valence-electron chi connectivity index (χ2n) is 8.17. The molecule has 1 aromatic heterocycles. The fourth-order valence-electron chi connectivity index (χ4n) is 3.33. The Bertz CT molecular complexity index is 1100. The summed E-state index contributed by atoms with van der Waals surface area (Å²) < 4.78 is 26.9. The van der Waals surface area contributed by atoms with Gasteiger partial charge in [-0.15, -0.1) is 0 Å². The summed E-state index contributed by atoms with van der Waals surface area (Å²) in [6, 6.07) is 13.4. The van der Waals surface area contributed by atoms with Gasteiger partial charge >= 0.3 is 0 Å². The molecule has 7 heteroatoms. The molecule has 1 atom stereocenters. The van der Waals surface area contributed by atoms with Crippen molar-refractivity contribution in [2.45, 2.75) is 37.7 Å². The van der Waals surface area contributed by atoms with E-state index in [1.54, 1.807) is 28.9 Å². The SMILES string of the molecule is CC(C)(C)c1ccc(C(=O)Nc2c3c(nn2-c2ccc(F)cc2)C[S@@](=O)C3)cc1. The van der Waals surface area contributed by atoms with Crippen LogP contribution in [0.5, 0.6) is 0 Å². The molecule has 0 aliphatic carbocycles. The van der Waals surface area contributed by atoms with Crippen LogP contribution in [0.2, 0.25) is 0 Å². The summed E-state index contributed by atoms with van der Waals surface area (Å²) >= 11 is 0. The van der Waals surface area contributed by atoms with Gasteiger partial charge in [-0.05, 0) is 47.4 Å². The first kappa shape index (κ1) is 19.5. The number of carbonyl (C=O) groups excluding carboxylic acids is 1. The topological polar surface area (TPSA) is 64.0 Å². The molecule has 0 spiro atoms. The van der Waals surface area contributed by atoms with Crippen LogP contribution in [0.15, 0.2) is 48.5 Å². The number of hydrogen-bond donors (Lipinski definition) is 1. The number of nitrogens with zero attached hydrogens (tertiary/aromatic N) is 2. The lowest BCUT2D eigenvalue weighted by atomic mass is 9.87. The summed E-state index contributed by atoms with van der Waals surface area (Å²) in [5.74, 6) is 0.567. The number of carbonyl (C=O) groups is 1. The Morgan fingerprint density at radius 1 is 1.07 bits per heavy atom. The maximum Gasteiger partial charge on any atom is 0.256 e. The smallest absolute Gasteiger partial charge is 0.256 e. The van der Waals surface area contributed by atoms with Crippen molar-refractivity contribution >= 4 is 22.5 Å². The van der Waals surface area contributed by atoms with Crippen molar-refractivity contribution in [3.05, 3.63) is 76.7 Å². The molecule has 4 rings (SSSR count). The normalized spacial score (nSPS) is 15.9. The number of anilines is 1. The highest BCUT2D eigenvalue weighted by Crippen LogP contribution is 2.32. The summed E-state index contributed by atoms with van der Waals surface area (Å²) in [5, 5.41) is 7.45. The summed E-state index contributed by atoms with van der Waals surface area (Å²) in [6.45, 7) is 6.35. The first-order valence-electron chi connectivity index (χ1n) is 9.36. The summed E-state index contributed by atoms with van der Waals surface area (Å²) in [7, 11) is -1.03. The zero-order valence-electron chi connectivity index (χ0n) is 16.5. The molecule has 0 unspecified atom stereocenters. The van der Waals surface area contributed by atoms with E-state index in [0.29, 0.717) is 34.3 Å². The van der Waals surface area contributed by atoms with Crippen molar-refractivity contribution in [2.75, 3.05) is 5.32 Å². The Kier molecular flexibility index (Phi) is 4.86. The Balaban J connectivity index is 1.68. The Labute approximate surface area is 171 Å². The highest BCUT2D eigenvalue weighted by Gasteiger charge is 2.28. The molecular formula is C22H22FN3O2S. The molecule has 0 saturated heterocycles. The third kappa shape index (κ3) is 3.87. The molecule has 1 N–H and O–H groups in total. The first-order chi connectivity index (χ1) is 13.7. The number of nitrogens with one attached hydrogen (secondary N) is 1. The van der Waals surface area contributed by atoms with Crippen molar-refractivity contribution in [3.63, 3.8) is 0 Å². The van der Waals surface area contributed by atoms with Gasteiger partial charge in [0, 0.05) is 21.9 Å². The minimum atomic E-state index is -1.03. The second-order valence-corrected chi connectivity index (χ2v) is 9.63. The fourth-order valence-corrected chi connectivity index (χ4v) is 4.59. The van der Waals surface area contributed by atoms with E-state index in [2.05, 4.69) is 31.2 Å². The minimum absolute atomic E-state index is 0.00109. The lowest BCUT2D eigenvalue weighted by Crippen LogP contribution is -2.17. The number of aromatic nitrogens is 2. The van der Waals surface area contributed by atoms with Gasteiger partial charge in [-0.1, -0.05) is 32.9 Å². The molecule has 2 heterocycles. The number of fused-ring (bicyclic) bond motifs is 1. The highest BCUT2D eigenvalue weighted by atomic mass is 32.2. The Morgan fingerprint density at radius 3 is 2.34 bits per heavy atom. The Morgan fingerprint density at radius 2 is 1.72 bits per heavy atom. The largest absolute Gasteiger partial charge is 0.306 e. The van der Waals surface area contributed by atoms with Gasteiger partial charge in [-0.3, -0.25) is 9.00 Å². The minimum Gasteiger partial charge on any atom is -0.306 e. The molecule has 1 amide bonds. The maximum absolute atomic E-state index is 13.3. The van der Waals surface area contributed by atoms with Crippen molar-refractivity contribution < 1.29 is 13.4 Å². The van der Waals surface area contributed by atoms with Crippen molar-refractivity contribution in [3.8, 4) is 5.69 Å². The predicted molar refractivity (Wildman–Crippen MR) is 112 cm³/mol. The molecule has 0 fully saturated rings. The summed E-state index contributed by atoms with van der Waals surface area (Å²) in [5.41, 5.74) is 3.77. The molecule has 1 aliphatic heterocycles. The van der Waals surface area contributed by atoms with Crippen LogP contribution in [0.3, 0.4) is 0 Å². The van der Waals surface area contributed by atoms with Gasteiger partial charge in [-0.2, -0.15) is 5.10 Å². The van der Waals surface area contributed by atoms with E-state index in [1.165, 1.54) is 12.1 Å². The number of benzene rings is 2. The molecule has 0 saturated carbocycles.